The summed E-state index contributed by atoms with van der Waals surface area (Å²) < 4.78 is 4.27. The molecule has 0 saturated heterocycles. The highest BCUT2D eigenvalue weighted by atomic mass is 32.2. The van der Waals surface area contributed by atoms with Crippen LogP contribution in [-0.2, 0) is 16.0 Å². The lowest BCUT2D eigenvalue weighted by Gasteiger charge is -2.29. The molecule has 0 fully saturated rings. The molecule has 6 heteroatoms. The summed E-state index contributed by atoms with van der Waals surface area (Å²) in [5.74, 6) is -0.845. The maximum Gasteiger partial charge on any atom is 0.410 e. The third-order valence-electron chi connectivity index (χ3n) is 5.97. The van der Waals surface area contributed by atoms with Crippen LogP contribution in [0.3, 0.4) is 0 Å². The van der Waals surface area contributed by atoms with E-state index < -0.39 is 10.7 Å². The number of carbonyl (C=O) groups is 2. The van der Waals surface area contributed by atoms with Gasteiger partial charge in [-0.1, -0.05) is 60.7 Å². The molecule has 1 aliphatic carbocycles. The molecule has 1 N–H and O–H groups in total. The smallest absolute Gasteiger partial charge is 0.410 e. The summed E-state index contributed by atoms with van der Waals surface area (Å²) in [6.45, 7) is 3.88. The highest BCUT2D eigenvalue weighted by Gasteiger charge is 2.35. The third-order valence-corrected chi connectivity index (χ3v) is 7.17. The van der Waals surface area contributed by atoms with Gasteiger partial charge in [-0.2, -0.15) is 0 Å². The first-order chi connectivity index (χ1) is 15.8. The van der Waals surface area contributed by atoms with Crippen LogP contribution < -0.4 is 0 Å². The van der Waals surface area contributed by atoms with E-state index in [-0.39, 0.29) is 12.1 Å². The number of carboxylic acid groups (broad SMARTS) is 1. The minimum Gasteiger partial charge on any atom is -0.480 e. The zero-order valence-electron chi connectivity index (χ0n) is 18.9. The summed E-state index contributed by atoms with van der Waals surface area (Å²) in [7, 11) is 1.41. The standard InChI is InChI=1S/C27H27NO4S/c1-27(2,25(29)30)33-19-14-12-18(13-15-19)16-17-28(26(31)32-3)24-22-10-6-4-8-20(22)21-9-5-7-11-23(21)24/h4-15,24H,16-17H2,1-3H3,(H,29,30). The molecule has 1 aliphatic rings. The summed E-state index contributed by atoms with van der Waals surface area (Å²) in [6, 6.07) is 24.0. The van der Waals surface area contributed by atoms with Gasteiger partial charge in [0.05, 0.1) is 13.2 Å². The van der Waals surface area contributed by atoms with Crippen LogP contribution in [0.2, 0.25) is 0 Å². The molecule has 1 amide bonds. The molecule has 0 unspecified atom stereocenters. The van der Waals surface area contributed by atoms with Crippen LogP contribution in [0.5, 0.6) is 0 Å². The number of fused-ring (bicyclic) bond motifs is 3. The van der Waals surface area contributed by atoms with Gasteiger partial charge in [0.15, 0.2) is 0 Å². The molecule has 0 radical (unpaired) electrons. The molecule has 0 bridgehead atoms. The second kappa shape index (κ2) is 9.32. The van der Waals surface area contributed by atoms with Crippen molar-refractivity contribution in [2.75, 3.05) is 13.7 Å². The van der Waals surface area contributed by atoms with Crippen LogP contribution in [0.15, 0.2) is 77.7 Å². The number of aliphatic carboxylic acids is 1. The normalized spacial score (nSPS) is 12.7. The van der Waals surface area contributed by atoms with Crippen molar-refractivity contribution in [3.8, 4) is 11.1 Å². The van der Waals surface area contributed by atoms with Crippen LogP contribution in [-0.4, -0.2) is 40.5 Å². The molecule has 0 saturated carbocycles. The quantitative estimate of drug-likeness (QED) is 0.436. The zero-order chi connectivity index (χ0) is 23.6. The Balaban J connectivity index is 1.56. The Bertz CT molecular complexity index is 1130. The molecule has 33 heavy (non-hydrogen) atoms. The Morgan fingerprint density at radius 3 is 2.00 bits per heavy atom. The summed E-state index contributed by atoms with van der Waals surface area (Å²) in [5, 5.41) is 9.35. The molecular formula is C27H27NO4S. The average molecular weight is 462 g/mol. The van der Waals surface area contributed by atoms with Gasteiger partial charge in [-0.15, -0.1) is 11.8 Å². The van der Waals surface area contributed by atoms with Crippen molar-refractivity contribution < 1.29 is 19.4 Å². The molecule has 0 spiro atoms. The van der Waals surface area contributed by atoms with Gasteiger partial charge in [0.1, 0.15) is 4.75 Å². The van der Waals surface area contributed by atoms with Crippen LogP contribution in [0.25, 0.3) is 11.1 Å². The van der Waals surface area contributed by atoms with Gasteiger partial charge in [0, 0.05) is 11.4 Å². The highest BCUT2D eigenvalue weighted by molar-refractivity contribution is 8.01. The number of rotatable bonds is 7. The first kappa shape index (κ1) is 22.9. The lowest BCUT2D eigenvalue weighted by Crippen LogP contribution is -2.36. The molecular weight excluding hydrogens is 434 g/mol. The molecule has 0 aromatic heterocycles. The number of nitrogens with zero attached hydrogens (tertiary/aromatic N) is 1. The number of hydrogen-bond donors (Lipinski definition) is 1. The maximum atomic E-state index is 12.9. The SMILES string of the molecule is COC(=O)N(CCc1ccc(SC(C)(C)C(=O)O)cc1)C1c2ccccc2-c2ccccc21. The number of methoxy groups -OCH3 is 1. The first-order valence-electron chi connectivity index (χ1n) is 10.9. The third kappa shape index (κ3) is 4.62. The van der Waals surface area contributed by atoms with Crippen molar-refractivity contribution in [3.05, 3.63) is 89.5 Å². The largest absolute Gasteiger partial charge is 0.480 e. The number of hydrogen-bond acceptors (Lipinski definition) is 4. The Hall–Kier alpha value is -3.25. The molecule has 170 valence electrons. The fourth-order valence-electron chi connectivity index (χ4n) is 4.22. The number of benzene rings is 3. The van der Waals surface area contributed by atoms with Crippen molar-refractivity contribution in [2.45, 2.75) is 36.0 Å². The van der Waals surface area contributed by atoms with Crippen molar-refractivity contribution in [1.82, 2.24) is 4.90 Å². The number of carboxylic acids is 1. The number of amides is 1. The molecule has 3 aromatic rings. The first-order valence-corrected chi connectivity index (χ1v) is 11.7. The molecule has 0 heterocycles. The van der Waals surface area contributed by atoms with Crippen LogP contribution >= 0.6 is 11.8 Å². The summed E-state index contributed by atoms with van der Waals surface area (Å²) in [6.07, 6.45) is 0.297. The lowest BCUT2D eigenvalue weighted by atomic mass is 10.0. The minimum atomic E-state index is -0.896. The molecule has 5 nitrogen and oxygen atoms in total. The molecule has 4 rings (SSSR count). The Kier molecular flexibility index (Phi) is 6.47. The van der Waals surface area contributed by atoms with Gasteiger partial charge in [-0.3, -0.25) is 9.69 Å². The summed E-state index contributed by atoms with van der Waals surface area (Å²) in [4.78, 5) is 26.9. The second-order valence-corrected chi connectivity index (χ2v) is 10.2. The summed E-state index contributed by atoms with van der Waals surface area (Å²) >= 11 is 1.32. The number of thioether (sulfide) groups is 1. The Labute approximate surface area is 198 Å². The van der Waals surface area contributed by atoms with E-state index in [1.165, 1.54) is 18.9 Å². The van der Waals surface area contributed by atoms with E-state index in [1.807, 2.05) is 48.5 Å². The molecule has 0 aliphatic heterocycles. The van der Waals surface area contributed by atoms with Crippen molar-refractivity contribution >= 4 is 23.8 Å². The van der Waals surface area contributed by atoms with Gasteiger partial charge >= 0.3 is 12.1 Å². The topological polar surface area (TPSA) is 66.8 Å². The van der Waals surface area contributed by atoms with Crippen molar-refractivity contribution in [2.24, 2.45) is 0 Å². The fraction of sp³-hybridized carbons (Fsp3) is 0.259. The van der Waals surface area contributed by atoms with E-state index in [0.29, 0.717) is 13.0 Å². The van der Waals surface area contributed by atoms with Gasteiger partial charge in [-0.25, -0.2) is 4.79 Å². The van der Waals surface area contributed by atoms with Crippen molar-refractivity contribution in [3.63, 3.8) is 0 Å². The Morgan fingerprint density at radius 1 is 0.939 bits per heavy atom. The van der Waals surface area contributed by atoms with Crippen LogP contribution in [0, 0.1) is 0 Å². The predicted molar refractivity (Wildman–Crippen MR) is 131 cm³/mol. The number of ether oxygens (including phenoxy) is 1. The van der Waals surface area contributed by atoms with Crippen molar-refractivity contribution in [1.29, 1.82) is 0 Å². The van der Waals surface area contributed by atoms with Gasteiger partial charge < -0.3 is 9.84 Å². The van der Waals surface area contributed by atoms with Gasteiger partial charge in [0.2, 0.25) is 0 Å². The van der Waals surface area contributed by atoms with E-state index in [1.54, 1.807) is 18.7 Å². The fourth-order valence-corrected chi connectivity index (χ4v) is 5.17. The van der Waals surface area contributed by atoms with Gasteiger partial charge in [0.25, 0.3) is 0 Å². The van der Waals surface area contributed by atoms with E-state index in [9.17, 15) is 14.7 Å². The maximum absolute atomic E-state index is 12.9. The Morgan fingerprint density at radius 2 is 1.48 bits per heavy atom. The monoisotopic (exact) mass is 461 g/mol. The molecule has 0 atom stereocenters. The van der Waals surface area contributed by atoms with E-state index in [4.69, 9.17) is 4.74 Å². The van der Waals surface area contributed by atoms with E-state index in [2.05, 4.69) is 24.3 Å². The second-order valence-electron chi connectivity index (χ2n) is 8.55. The van der Waals surface area contributed by atoms with E-state index in [0.717, 1.165) is 32.7 Å². The predicted octanol–water partition coefficient (Wildman–Crippen LogP) is 6.02. The van der Waals surface area contributed by atoms with Gasteiger partial charge in [-0.05, 0) is 60.2 Å². The van der Waals surface area contributed by atoms with Crippen LogP contribution in [0.4, 0.5) is 4.79 Å². The summed E-state index contributed by atoms with van der Waals surface area (Å²) in [5.41, 5.74) is 5.57. The zero-order valence-corrected chi connectivity index (χ0v) is 19.8. The highest BCUT2D eigenvalue weighted by Crippen LogP contribution is 2.46. The van der Waals surface area contributed by atoms with Crippen LogP contribution in [0.1, 0.15) is 36.6 Å². The minimum absolute atomic E-state index is 0.198. The lowest BCUT2D eigenvalue weighted by molar-refractivity contribution is -0.138. The number of carbonyl (C=O) groups excluding carboxylic acids is 1. The van der Waals surface area contributed by atoms with E-state index >= 15 is 0 Å². The molecule has 3 aromatic carbocycles. The average Bonchev–Trinajstić information content (AvgIpc) is 3.14.